The number of amidine groups is 1. The van der Waals surface area contributed by atoms with E-state index in [0.29, 0.717) is 17.8 Å². The number of fused-ring (bicyclic) bond motifs is 1. The second-order valence-electron chi connectivity index (χ2n) is 8.21. The van der Waals surface area contributed by atoms with Crippen molar-refractivity contribution in [3.63, 3.8) is 0 Å². The van der Waals surface area contributed by atoms with E-state index in [9.17, 15) is 9.59 Å². The summed E-state index contributed by atoms with van der Waals surface area (Å²) in [5, 5.41) is 2.72. The zero-order valence-corrected chi connectivity index (χ0v) is 20.1. The molecule has 0 aromatic heterocycles. The number of carbonyl (C=O) groups excluding carboxylic acids is 2. The summed E-state index contributed by atoms with van der Waals surface area (Å²) in [6.45, 7) is 4.39. The molecule has 2 aromatic rings. The van der Waals surface area contributed by atoms with Crippen LogP contribution >= 0.6 is 11.8 Å². The molecule has 0 bridgehead atoms. The molecule has 0 N–H and O–H groups in total. The van der Waals surface area contributed by atoms with Gasteiger partial charge in [-0.3, -0.25) is 4.79 Å². The molecule has 0 radical (unpaired) electrons. The van der Waals surface area contributed by atoms with Gasteiger partial charge < -0.3 is 14.5 Å². The Hall–Kier alpha value is -3.32. The quantitative estimate of drug-likeness (QED) is 0.579. The van der Waals surface area contributed by atoms with E-state index >= 15 is 0 Å². The minimum Gasteiger partial charge on any atom is -0.466 e. The number of carbonyl (C=O) groups is 2. The van der Waals surface area contributed by atoms with Crippen molar-refractivity contribution in [3.8, 4) is 0 Å². The van der Waals surface area contributed by atoms with Crippen molar-refractivity contribution in [3.05, 3.63) is 93.7 Å². The molecule has 0 spiro atoms. The van der Waals surface area contributed by atoms with E-state index in [0.717, 1.165) is 27.6 Å². The zero-order valence-electron chi connectivity index (χ0n) is 19.2. The Morgan fingerprint density at radius 2 is 1.79 bits per heavy atom. The minimum atomic E-state index is -0.412. The van der Waals surface area contributed by atoms with Crippen molar-refractivity contribution in [1.82, 2.24) is 9.80 Å². The minimum absolute atomic E-state index is 0.000465. The molecule has 0 saturated carbocycles. The molecule has 2 aliphatic heterocycles. The van der Waals surface area contributed by atoms with E-state index in [-0.39, 0.29) is 12.3 Å². The molecule has 6 nitrogen and oxygen atoms in total. The van der Waals surface area contributed by atoms with Crippen LogP contribution in [0.3, 0.4) is 0 Å². The first kappa shape index (κ1) is 22.9. The van der Waals surface area contributed by atoms with Gasteiger partial charge in [0, 0.05) is 19.3 Å². The first-order valence-electron chi connectivity index (χ1n) is 10.8. The van der Waals surface area contributed by atoms with Gasteiger partial charge in [-0.1, -0.05) is 71.9 Å². The lowest BCUT2D eigenvalue weighted by Crippen LogP contribution is -2.38. The van der Waals surface area contributed by atoms with Gasteiger partial charge in [0.1, 0.15) is 0 Å². The van der Waals surface area contributed by atoms with E-state index in [1.54, 1.807) is 4.90 Å². The first-order chi connectivity index (χ1) is 15.9. The van der Waals surface area contributed by atoms with Gasteiger partial charge in [0.25, 0.3) is 0 Å². The lowest BCUT2D eigenvalue weighted by molar-refractivity contribution is -0.136. The summed E-state index contributed by atoms with van der Waals surface area (Å²) >= 11 is 1.48. The number of nitrogens with zero attached hydrogens (tertiary/aromatic N) is 3. The number of thioether (sulfide) groups is 1. The van der Waals surface area contributed by atoms with Gasteiger partial charge >= 0.3 is 5.97 Å². The Balaban J connectivity index is 1.63. The summed E-state index contributed by atoms with van der Waals surface area (Å²) in [5.41, 5.74) is 5.10. The Kier molecular flexibility index (Phi) is 6.70. The fraction of sp³-hybridized carbons (Fsp3) is 0.269. The monoisotopic (exact) mass is 461 g/mol. The van der Waals surface area contributed by atoms with Crippen molar-refractivity contribution in [2.45, 2.75) is 32.9 Å². The van der Waals surface area contributed by atoms with Gasteiger partial charge in [0.2, 0.25) is 5.91 Å². The van der Waals surface area contributed by atoms with E-state index in [2.05, 4.69) is 4.99 Å². The lowest BCUT2D eigenvalue weighted by Gasteiger charge is -2.36. The predicted molar refractivity (Wildman–Crippen MR) is 131 cm³/mol. The fourth-order valence-electron chi connectivity index (χ4n) is 4.04. The van der Waals surface area contributed by atoms with Crippen LogP contribution in [0.15, 0.2) is 82.0 Å². The van der Waals surface area contributed by atoms with Gasteiger partial charge in [0.15, 0.2) is 5.17 Å². The van der Waals surface area contributed by atoms with Crippen LogP contribution in [0, 0.1) is 6.92 Å². The molecule has 1 unspecified atom stereocenters. The normalized spacial score (nSPS) is 17.3. The molecule has 1 amide bonds. The molecule has 170 valence electrons. The number of aryl methyl sites for hydroxylation is 1. The fourth-order valence-corrected chi connectivity index (χ4v) is 5.00. The average Bonchev–Trinajstić information content (AvgIpc) is 3.20. The third-order valence-corrected chi connectivity index (χ3v) is 6.71. The average molecular weight is 462 g/mol. The van der Waals surface area contributed by atoms with Crippen LogP contribution in [0.1, 0.15) is 36.1 Å². The number of methoxy groups -OCH3 is 1. The van der Waals surface area contributed by atoms with Gasteiger partial charge in [-0.25, -0.2) is 9.79 Å². The molecule has 0 aliphatic carbocycles. The number of esters is 1. The van der Waals surface area contributed by atoms with Crippen LogP contribution < -0.4 is 0 Å². The van der Waals surface area contributed by atoms with Gasteiger partial charge in [-0.15, -0.1) is 0 Å². The summed E-state index contributed by atoms with van der Waals surface area (Å²) in [6, 6.07) is 17.6. The van der Waals surface area contributed by atoms with Crippen molar-refractivity contribution < 1.29 is 14.3 Å². The summed E-state index contributed by atoms with van der Waals surface area (Å²) in [5.74, 6) is -0.412. The van der Waals surface area contributed by atoms with E-state index in [1.807, 2.05) is 85.8 Å². The molecule has 2 aromatic carbocycles. The van der Waals surface area contributed by atoms with Gasteiger partial charge in [-0.05, 0) is 30.4 Å². The predicted octanol–water partition coefficient (Wildman–Crippen LogP) is 4.79. The Bertz CT molecular complexity index is 1150. The number of amides is 1. The summed E-state index contributed by atoms with van der Waals surface area (Å²) in [7, 11) is 3.19. The number of rotatable bonds is 6. The molecule has 2 aliphatic rings. The number of aliphatic imine (C=N–C) groups is 1. The van der Waals surface area contributed by atoms with Gasteiger partial charge in [-0.2, -0.15) is 0 Å². The number of allylic oxidation sites excluding steroid dienone is 1. The molecule has 4 rings (SSSR count). The standard InChI is InChI=1S/C26H27N3O3S/c1-17-10-12-20(13-11-17)24-23(25(31)32-4)18(2)27-26-29(24)21(16-33-26)14-22(30)28(3)15-19-8-6-5-7-9-19/h5-13,16,24H,14-15H2,1-4H3. The highest BCUT2D eigenvalue weighted by Crippen LogP contribution is 2.44. The molecular weight excluding hydrogens is 434 g/mol. The summed E-state index contributed by atoms with van der Waals surface area (Å²) in [4.78, 5) is 34.3. The van der Waals surface area contributed by atoms with E-state index < -0.39 is 12.0 Å². The molecule has 0 saturated heterocycles. The maximum absolute atomic E-state index is 13.1. The second-order valence-corrected chi connectivity index (χ2v) is 9.04. The maximum atomic E-state index is 13.1. The number of hydrogen-bond acceptors (Lipinski definition) is 6. The molecule has 33 heavy (non-hydrogen) atoms. The molecule has 7 heteroatoms. The largest absolute Gasteiger partial charge is 0.466 e. The molecule has 0 fully saturated rings. The summed E-state index contributed by atoms with van der Waals surface area (Å²) in [6.07, 6.45) is 0.214. The van der Waals surface area contributed by atoms with E-state index in [1.165, 1.54) is 18.9 Å². The molecule has 2 heterocycles. The summed E-state index contributed by atoms with van der Waals surface area (Å²) < 4.78 is 5.11. The van der Waals surface area contributed by atoms with Crippen LogP contribution in [0.2, 0.25) is 0 Å². The molecular formula is C26H27N3O3S. The van der Waals surface area contributed by atoms with Crippen molar-refractivity contribution in [2.24, 2.45) is 4.99 Å². The van der Waals surface area contributed by atoms with Gasteiger partial charge in [0.05, 0.1) is 30.8 Å². The zero-order chi connectivity index (χ0) is 23.5. The second kappa shape index (κ2) is 9.67. The first-order valence-corrected chi connectivity index (χ1v) is 11.6. The Labute approximate surface area is 198 Å². The van der Waals surface area contributed by atoms with Crippen LogP contribution in [-0.4, -0.2) is 41.0 Å². The van der Waals surface area contributed by atoms with Crippen LogP contribution in [0.5, 0.6) is 0 Å². The molecule has 1 atom stereocenters. The Morgan fingerprint density at radius 1 is 1.09 bits per heavy atom. The maximum Gasteiger partial charge on any atom is 0.338 e. The number of benzene rings is 2. The van der Waals surface area contributed by atoms with Crippen LogP contribution in [-0.2, 0) is 20.9 Å². The highest BCUT2D eigenvalue weighted by Gasteiger charge is 2.41. The van der Waals surface area contributed by atoms with E-state index in [4.69, 9.17) is 4.74 Å². The Morgan fingerprint density at radius 3 is 2.45 bits per heavy atom. The van der Waals surface area contributed by atoms with Crippen LogP contribution in [0.4, 0.5) is 0 Å². The lowest BCUT2D eigenvalue weighted by atomic mass is 9.93. The SMILES string of the molecule is COC(=O)C1=C(C)N=C2SC=C(CC(=O)N(C)Cc3ccccc3)N2C1c1ccc(C)cc1. The topological polar surface area (TPSA) is 62.2 Å². The van der Waals surface area contributed by atoms with Crippen molar-refractivity contribution in [1.29, 1.82) is 0 Å². The third-order valence-electron chi connectivity index (χ3n) is 5.82. The van der Waals surface area contributed by atoms with Crippen molar-refractivity contribution >= 4 is 28.8 Å². The smallest absolute Gasteiger partial charge is 0.338 e. The third kappa shape index (κ3) is 4.73. The van der Waals surface area contributed by atoms with Crippen molar-refractivity contribution in [2.75, 3.05) is 14.2 Å². The number of ether oxygens (including phenoxy) is 1. The highest BCUT2D eigenvalue weighted by atomic mass is 32.2. The highest BCUT2D eigenvalue weighted by molar-refractivity contribution is 8.16. The van der Waals surface area contributed by atoms with Crippen LogP contribution in [0.25, 0.3) is 0 Å². The number of hydrogen-bond donors (Lipinski definition) is 0.